The molecule has 6 heteroatoms. The van der Waals surface area contributed by atoms with Crippen molar-refractivity contribution >= 4 is 29.4 Å². The topological polar surface area (TPSA) is 49.9 Å². The lowest BCUT2D eigenvalue weighted by Gasteiger charge is -2.33. The average Bonchev–Trinajstić information content (AvgIpc) is 2.94. The summed E-state index contributed by atoms with van der Waals surface area (Å²) in [6.45, 7) is 11.5. The Morgan fingerprint density at radius 1 is 1.32 bits per heavy atom. The van der Waals surface area contributed by atoms with E-state index in [0.29, 0.717) is 11.6 Å². The zero-order valence-electron chi connectivity index (χ0n) is 15.9. The van der Waals surface area contributed by atoms with Crippen molar-refractivity contribution in [1.82, 2.24) is 4.90 Å². The van der Waals surface area contributed by atoms with E-state index in [4.69, 9.17) is 4.74 Å². The van der Waals surface area contributed by atoms with Gasteiger partial charge >= 0.3 is 6.09 Å². The van der Waals surface area contributed by atoms with Crippen LogP contribution in [0.4, 0.5) is 10.5 Å². The maximum atomic E-state index is 13.2. The fourth-order valence-electron chi connectivity index (χ4n) is 2.77. The molecule has 138 valence electrons. The molecular weight excluding hydrogens is 336 g/mol. The number of thioether (sulfide) groups is 1. The van der Waals surface area contributed by atoms with Crippen molar-refractivity contribution in [3.05, 3.63) is 29.8 Å². The molecule has 1 heterocycles. The van der Waals surface area contributed by atoms with E-state index in [9.17, 15) is 9.59 Å². The Kier molecular flexibility index (Phi) is 6.03. The second kappa shape index (κ2) is 7.68. The number of anilines is 1. The molecule has 25 heavy (non-hydrogen) atoms. The molecule has 1 aliphatic heterocycles. The maximum absolute atomic E-state index is 13.2. The third-order valence-electron chi connectivity index (χ3n) is 3.83. The quantitative estimate of drug-likeness (QED) is 0.812. The first-order valence-corrected chi connectivity index (χ1v) is 9.72. The fourth-order valence-corrected chi connectivity index (χ4v) is 3.90. The molecule has 0 N–H and O–H groups in total. The highest BCUT2D eigenvalue weighted by Crippen LogP contribution is 2.28. The molecule has 0 unspecified atom stereocenters. The number of aryl methyl sites for hydroxylation is 1. The Balaban J connectivity index is 2.24. The number of nitrogens with zero attached hydrogens (tertiary/aromatic N) is 2. The van der Waals surface area contributed by atoms with Gasteiger partial charge in [-0.15, -0.1) is 11.8 Å². The predicted molar refractivity (Wildman–Crippen MR) is 103 cm³/mol. The number of carbonyl (C=O) groups excluding carboxylic acids is 2. The molecule has 0 saturated carbocycles. The van der Waals surface area contributed by atoms with E-state index in [2.05, 4.69) is 0 Å². The number of rotatable bonds is 3. The van der Waals surface area contributed by atoms with Crippen LogP contribution in [0, 0.1) is 6.92 Å². The summed E-state index contributed by atoms with van der Waals surface area (Å²) in [5.74, 6) is 1.01. The molecule has 1 fully saturated rings. The van der Waals surface area contributed by atoms with Crippen molar-refractivity contribution < 1.29 is 14.3 Å². The van der Waals surface area contributed by atoms with Crippen molar-refractivity contribution in [1.29, 1.82) is 0 Å². The number of benzene rings is 1. The Hall–Kier alpha value is -1.69. The molecule has 0 spiro atoms. The highest BCUT2D eigenvalue weighted by Gasteiger charge is 2.40. The van der Waals surface area contributed by atoms with E-state index in [1.807, 2.05) is 65.8 Å². The van der Waals surface area contributed by atoms with Gasteiger partial charge < -0.3 is 9.64 Å². The number of hydrogen-bond donors (Lipinski definition) is 0. The SMILES string of the molecule is Cc1cccc(N(C(=O)[C@@H]2CSCN2C(=O)OC(C)(C)C)C(C)C)c1. The summed E-state index contributed by atoms with van der Waals surface area (Å²) in [6, 6.07) is 7.39. The zero-order chi connectivity index (χ0) is 18.8. The third kappa shape index (κ3) is 4.91. The summed E-state index contributed by atoms with van der Waals surface area (Å²) in [4.78, 5) is 29.0. The summed E-state index contributed by atoms with van der Waals surface area (Å²) in [5, 5.41) is 0. The highest BCUT2D eigenvalue weighted by atomic mass is 32.2. The minimum absolute atomic E-state index is 0.000358. The van der Waals surface area contributed by atoms with E-state index < -0.39 is 17.7 Å². The molecule has 1 aromatic rings. The van der Waals surface area contributed by atoms with Crippen LogP contribution in [-0.4, -0.2) is 46.2 Å². The van der Waals surface area contributed by atoms with E-state index in [1.54, 1.807) is 21.6 Å². The van der Waals surface area contributed by atoms with Crippen molar-refractivity contribution in [2.24, 2.45) is 0 Å². The van der Waals surface area contributed by atoms with Crippen LogP contribution in [0.2, 0.25) is 0 Å². The molecule has 5 nitrogen and oxygen atoms in total. The van der Waals surface area contributed by atoms with Gasteiger partial charge in [0.15, 0.2) is 0 Å². The number of ether oxygens (including phenoxy) is 1. The van der Waals surface area contributed by atoms with E-state index in [-0.39, 0.29) is 11.9 Å². The summed E-state index contributed by atoms with van der Waals surface area (Å²) in [5.41, 5.74) is 1.38. The van der Waals surface area contributed by atoms with Crippen LogP contribution < -0.4 is 4.90 Å². The van der Waals surface area contributed by atoms with Gasteiger partial charge in [-0.25, -0.2) is 4.79 Å². The third-order valence-corrected chi connectivity index (χ3v) is 4.84. The predicted octanol–water partition coefficient (Wildman–Crippen LogP) is 4.05. The van der Waals surface area contributed by atoms with E-state index in [1.165, 1.54) is 0 Å². The molecule has 0 bridgehead atoms. The van der Waals surface area contributed by atoms with Gasteiger partial charge in [0.1, 0.15) is 11.6 Å². The number of carbonyl (C=O) groups is 2. The van der Waals surface area contributed by atoms with Gasteiger partial charge in [0, 0.05) is 17.5 Å². The van der Waals surface area contributed by atoms with Crippen LogP contribution >= 0.6 is 11.8 Å². The standard InChI is InChI=1S/C19H28N2O3S/c1-13(2)21(15-9-7-8-14(3)10-15)17(22)16-11-25-12-20(16)18(23)24-19(4,5)6/h7-10,13,16H,11-12H2,1-6H3/t16-/m0/s1. The van der Waals surface area contributed by atoms with Gasteiger partial charge in [0.2, 0.25) is 0 Å². The van der Waals surface area contributed by atoms with Gasteiger partial charge in [0.25, 0.3) is 5.91 Å². The first-order valence-electron chi connectivity index (χ1n) is 8.57. The normalized spacial score (nSPS) is 17.7. The fraction of sp³-hybridized carbons (Fsp3) is 0.579. The molecule has 1 aliphatic rings. The molecule has 0 aromatic heterocycles. The maximum Gasteiger partial charge on any atom is 0.411 e. The monoisotopic (exact) mass is 364 g/mol. The van der Waals surface area contributed by atoms with Crippen LogP contribution in [0.3, 0.4) is 0 Å². The molecular formula is C19H28N2O3S. The van der Waals surface area contributed by atoms with Gasteiger partial charge in [-0.2, -0.15) is 0 Å². The summed E-state index contributed by atoms with van der Waals surface area (Å²) >= 11 is 1.58. The number of amides is 2. The van der Waals surface area contributed by atoms with Crippen LogP contribution in [0.15, 0.2) is 24.3 Å². The Morgan fingerprint density at radius 3 is 2.56 bits per heavy atom. The Bertz CT molecular complexity index is 640. The zero-order valence-corrected chi connectivity index (χ0v) is 16.7. The molecule has 1 atom stereocenters. The van der Waals surface area contributed by atoms with Crippen molar-refractivity contribution in [3.63, 3.8) is 0 Å². The lowest BCUT2D eigenvalue weighted by Crippen LogP contribution is -2.52. The van der Waals surface area contributed by atoms with E-state index in [0.717, 1.165) is 11.3 Å². The van der Waals surface area contributed by atoms with Crippen LogP contribution in [0.25, 0.3) is 0 Å². The summed E-state index contributed by atoms with van der Waals surface area (Å²) in [6.07, 6.45) is -0.427. The highest BCUT2D eigenvalue weighted by molar-refractivity contribution is 7.99. The molecule has 1 saturated heterocycles. The van der Waals surface area contributed by atoms with Crippen molar-refractivity contribution in [3.8, 4) is 0 Å². The Morgan fingerprint density at radius 2 is 2.00 bits per heavy atom. The molecule has 0 radical (unpaired) electrons. The molecule has 0 aliphatic carbocycles. The van der Waals surface area contributed by atoms with E-state index >= 15 is 0 Å². The van der Waals surface area contributed by atoms with Crippen molar-refractivity contribution in [2.45, 2.75) is 59.2 Å². The largest absolute Gasteiger partial charge is 0.444 e. The van der Waals surface area contributed by atoms with Crippen LogP contribution in [0.5, 0.6) is 0 Å². The first kappa shape index (κ1) is 19.6. The summed E-state index contributed by atoms with van der Waals surface area (Å²) in [7, 11) is 0. The summed E-state index contributed by atoms with van der Waals surface area (Å²) < 4.78 is 5.47. The average molecular weight is 365 g/mol. The van der Waals surface area contributed by atoms with Gasteiger partial charge in [-0.3, -0.25) is 9.69 Å². The minimum Gasteiger partial charge on any atom is -0.444 e. The van der Waals surface area contributed by atoms with Crippen LogP contribution in [-0.2, 0) is 9.53 Å². The smallest absolute Gasteiger partial charge is 0.411 e. The van der Waals surface area contributed by atoms with Crippen LogP contribution in [0.1, 0.15) is 40.2 Å². The van der Waals surface area contributed by atoms with Gasteiger partial charge in [-0.1, -0.05) is 12.1 Å². The Labute approximate surface area is 154 Å². The van der Waals surface area contributed by atoms with Gasteiger partial charge in [-0.05, 0) is 59.2 Å². The first-order chi connectivity index (χ1) is 11.6. The second-order valence-corrected chi connectivity index (χ2v) is 8.61. The number of hydrogen-bond acceptors (Lipinski definition) is 4. The minimum atomic E-state index is -0.577. The molecule has 1 aromatic carbocycles. The molecule has 2 rings (SSSR count). The van der Waals surface area contributed by atoms with Crippen molar-refractivity contribution in [2.75, 3.05) is 16.5 Å². The second-order valence-electron chi connectivity index (χ2n) is 7.61. The lowest BCUT2D eigenvalue weighted by atomic mass is 10.1. The van der Waals surface area contributed by atoms with Gasteiger partial charge in [0.05, 0.1) is 5.88 Å². The lowest BCUT2D eigenvalue weighted by molar-refractivity contribution is -0.122. The molecule has 2 amide bonds.